The van der Waals surface area contributed by atoms with Crippen molar-refractivity contribution in [1.82, 2.24) is 0 Å². The minimum absolute atomic E-state index is 0. The van der Waals surface area contributed by atoms with E-state index < -0.39 is 0 Å². The van der Waals surface area contributed by atoms with E-state index in [0.29, 0.717) is 0 Å². The summed E-state index contributed by atoms with van der Waals surface area (Å²) >= 11 is 0. The van der Waals surface area contributed by atoms with E-state index in [4.69, 9.17) is 0 Å². The standard InChI is InChI=1S/2C13H13.Zr/c2*1-2-11-7-5-6-10-13(11)12-8-3-4-9-12;/h2*3,5-8,10H,2,4H2,1H3;/q2*-1;+2. The van der Waals surface area contributed by atoms with Gasteiger partial charge in [-0.15, -0.1) is 35.4 Å². The Morgan fingerprint density at radius 1 is 0.667 bits per heavy atom. The Balaban J connectivity index is 0.000000187. The molecule has 0 atom stereocenters. The molecule has 0 unspecified atom stereocenters. The first kappa shape index (κ1) is 21.6. The molecule has 134 valence electrons. The fraction of sp³-hybridized carbons (Fsp3) is 0.231. The van der Waals surface area contributed by atoms with E-state index in [2.05, 4.69) is 98.8 Å². The number of hydrogen-bond acceptors (Lipinski definition) is 0. The molecule has 2 aliphatic rings. The summed E-state index contributed by atoms with van der Waals surface area (Å²) in [6.45, 7) is 4.39. The normalized spacial score (nSPS) is 14.1. The Kier molecular flexibility index (Phi) is 8.95. The first-order chi connectivity index (χ1) is 12.8. The van der Waals surface area contributed by atoms with Gasteiger partial charge in [0.1, 0.15) is 0 Å². The Morgan fingerprint density at radius 2 is 1.07 bits per heavy atom. The van der Waals surface area contributed by atoms with Crippen LogP contribution in [0.5, 0.6) is 0 Å². The van der Waals surface area contributed by atoms with Crippen LogP contribution in [0.15, 0.2) is 72.8 Å². The number of rotatable bonds is 4. The summed E-state index contributed by atoms with van der Waals surface area (Å²) in [5.41, 5.74) is 8.04. The number of allylic oxidation sites excluding steroid dienone is 8. The largest absolute Gasteiger partial charge is 2.00 e. The van der Waals surface area contributed by atoms with E-state index in [1.165, 1.54) is 33.4 Å². The zero-order chi connectivity index (χ0) is 18.2. The molecule has 2 aromatic carbocycles. The van der Waals surface area contributed by atoms with Crippen molar-refractivity contribution in [2.24, 2.45) is 0 Å². The quantitative estimate of drug-likeness (QED) is 0.469. The van der Waals surface area contributed by atoms with Crippen molar-refractivity contribution in [3.05, 3.63) is 107 Å². The maximum absolute atomic E-state index is 3.35. The molecule has 0 amide bonds. The molecule has 0 heterocycles. The van der Waals surface area contributed by atoms with Gasteiger partial charge in [-0.25, -0.2) is 0 Å². The molecule has 0 radical (unpaired) electrons. The number of hydrogen-bond donors (Lipinski definition) is 0. The van der Waals surface area contributed by atoms with Gasteiger partial charge in [0, 0.05) is 0 Å². The predicted octanol–water partition coefficient (Wildman–Crippen LogP) is 6.79. The van der Waals surface area contributed by atoms with Crippen LogP contribution >= 0.6 is 0 Å². The topological polar surface area (TPSA) is 0 Å². The van der Waals surface area contributed by atoms with Gasteiger partial charge in [0.25, 0.3) is 0 Å². The average molecular weight is 430 g/mol. The van der Waals surface area contributed by atoms with E-state index in [9.17, 15) is 0 Å². The van der Waals surface area contributed by atoms with E-state index in [1.54, 1.807) is 0 Å². The van der Waals surface area contributed by atoms with E-state index in [-0.39, 0.29) is 26.2 Å². The average Bonchev–Trinajstić information content (AvgIpc) is 3.42. The molecule has 0 spiro atoms. The van der Waals surface area contributed by atoms with Crippen LogP contribution in [0, 0.1) is 12.2 Å². The van der Waals surface area contributed by atoms with E-state index in [1.807, 2.05) is 0 Å². The van der Waals surface area contributed by atoms with Gasteiger partial charge < -0.3 is 0 Å². The molecule has 2 aliphatic carbocycles. The molecule has 0 saturated heterocycles. The Hall–Kier alpha value is -1.72. The SMILES string of the molecule is CCc1ccccc1C1=[C-]CC=C1.CCc1ccccc1C1=[C-]CC=C1.[Zr+2]. The van der Waals surface area contributed by atoms with Crippen LogP contribution in [0.3, 0.4) is 0 Å². The first-order valence-electron chi connectivity index (χ1n) is 9.54. The molecule has 27 heavy (non-hydrogen) atoms. The second-order valence-corrected chi connectivity index (χ2v) is 6.42. The molecule has 0 aromatic heterocycles. The third-order valence-electron chi connectivity index (χ3n) is 4.77. The summed E-state index contributed by atoms with van der Waals surface area (Å²) in [6.07, 6.45) is 19.5. The van der Waals surface area contributed by atoms with Gasteiger partial charge in [0.2, 0.25) is 0 Å². The van der Waals surface area contributed by atoms with Gasteiger partial charge in [-0.2, -0.15) is 35.5 Å². The minimum Gasteiger partial charge on any atom is -0.197 e. The van der Waals surface area contributed by atoms with Crippen molar-refractivity contribution in [3.8, 4) is 0 Å². The zero-order valence-corrected chi connectivity index (χ0v) is 18.7. The fourth-order valence-electron chi connectivity index (χ4n) is 3.36. The summed E-state index contributed by atoms with van der Waals surface area (Å²) in [4.78, 5) is 0. The molecule has 0 fully saturated rings. The summed E-state index contributed by atoms with van der Waals surface area (Å²) in [5.74, 6) is 0. The first-order valence-corrected chi connectivity index (χ1v) is 9.54. The van der Waals surface area contributed by atoms with Crippen LogP contribution in [0.4, 0.5) is 0 Å². The van der Waals surface area contributed by atoms with Crippen LogP contribution in [-0.4, -0.2) is 0 Å². The number of benzene rings is 2. The smallest absolute Gasteiger partial charge is 0.197 e. The van der Waals surface area contributed by atoms with Gasteiger partial charge in [-0.05, 0) is 12.8 Å². The number of aryl methyl sites for hydroxylation is 2. The summed E-state index contributed by atoms with van der Waals surface area (Å²) < 4.78 is 0. The maximum atomic E-state index is 3.35. The molecule has 2 aromatic rings. The second-order valence-electron chi connectivity index (χ2n) is 6.42. The van der Waals surface area contributed by atoms with E-state index >= 15 is 0 Å². The zero-order valence-electron chi connectivity index (χ0n) is 16.3. The molecule has 0 N–H and O–H groups in total. The summed E-state index contributed by atoms with van der Waals surface area (Å²) in [7, 11) is 0. The van der Waals surface area contributed by atoms with Gasteiger partial charge >= 0.3 is 26.2 Å². The molecular formula is C26H26Zr. The summed E-state index contributed by atoms with van der Waals surface area (Å²) in [5, 5.41) is 0. The molecule has 0 bridgehead atoms. The second kappa shape index (κ2) is 11.2. The van der Waals surface area contributed by atoms with Gasteiger partial charge in [-0.3, -0.25) is 0 Å². The molecule has 4 rings (SSSR count). The molecule has 1 heteroatoms. The van der Waals surface area contributed by atoms with Gasteiger partial charge in [0.05, 0.1) is 0 Å². The van der Waals surface area contributed by atoms with Crippen molar-refractivity contribution in [2.45, 2.75) is 39.5 Å². The van der Waals surface area contributed by atoms with Crippen molar-refractivity contribution in [2.75, 3.05) is 0 Å². The van der Waals surface area contributed by atoms with Crippen molar-refractivity contribution in [3.63, 3.8) is 0 Å². The maximum Gasteiger partial charge on any atom is 2.00 e. The fourth-order valence-corrected chi connectivity index (χ4v) is 3.36. The van der Waals surface area contributed by atoms with Crippen LogP contribution in [-0.2, 0) is 39.0 Å². The van der Waals surface area contributed by atoms with Gasteiger partial charge in [-0.1, -0.05) is 74.2 Å². The Morgan fingerprint density at radius 3 is 1.41 bits per heavy atom. The van der Waals surface area contributed by atoms with Crippen molar-refractivity contribution < 1.29 is 26.2 Å². The molecular weight excluding hydrogens is 404 g/mol. The van der Waals surface area contributed by atoms with Crippen molar-refractivity contribution >= 4 is 11.1 Å². The monoisotopic (exact) mass is 428 g/mol. The van der Waals surface area contributed by atoms with Crippen LogP contribution in [0.2, 0.25) is 0 Å². The molecule has 0 saturated carbocycles. The van der Waals surface area contributed by atoms with Crippen molar-refractivity contribution in [1.29, 1.82) is 0 Å². The Bertz CT molecular complexity index is 792. The van der Waals surface area contributed by atoms with Crippen LogP contribution in [0.1, 0.15) is 48.9 Å². The van der Waals surface area contributed by atoms with E-state index in [0.717, 1.165) is 25.7 Å². The molecule has 0 aliphatic heterocycles. The third kappa shape index (κ3) is 5.63. The van der Waals surface area contributed by atoms with Gasteiger partial charge in [0.15, 0.2) is 0 Å². The predicted molar refractivity (Wildman–Crippen MR) is 112 cm³/mol. The minimum atomic E-state index is 0. The summed E-state index contributed by atoms with van der Waals surface area (Å²) in [6, 6.07) is 17.1. The third-order valence-corrected chi connectivity index (χ3v) is 4.77. The molecule has 0 nitrogen and oxygen atoms in total. The van der Waals surface area contributed by atoms with Crippen LogP contribution in [0.25, 0.3) is 11.1 Å². The van der Waals surface area contributed by atoms with Crippen LogP contribution < -0.4 is 0 Å². The Labute approximate surface area is 183 Å².